The Morgan fingerprint density at radius 2 is 2.16 bits per heavy atom. The summed E-state index contributed by atoms with van der Waals surface area (Å²) in [7, 11) is 0. The predicted octanol–water partition coefficient (Wildman–Crippen LogP) is 1.67. The number of rotatable bonds is 4. The zero-order valence-electron chi connectivity index (χ0n) is 10.7. The topological polar surface area (TPSA) is 94.1 Å². The molecule has 0 fully saturated rings. The number of nitro benzene ring substituents is 1. The highest BCUT2D eigenvalue weighted by Gasteiger charge is 2.16. The Morgan fingerprint density at radius 3 is 2.74 bits per heavy atom. The number of nitrogens with zero attached hydrogens (tertiary/aromatic N) is 4. The smallest absolute Gasteiger partial charge is 0.273 e. The molecule has 19 heavy (non-hydrogen) atoms. The standard InChI is InChI=1S/C12H14N4O3/c1-3-15-11(7-17)13-14-12(15)9-5-4-8(2)10(6-9)16(18)19/h4-6,17H,3,7H2,1-2H3. The zero-order valence-corrected chi connectivity index (χ0v) is 10.7. The fourth-order valence-electron chi connectivity index (χ4n) is 1.94. The maximum absolute atomic E-state index is 10.9. The van der Waals surface area contributed by atoms with Crippen LogP contribution < -0.4 is 0 Å². The van der Waals surface area contributed by atoms with Crippen molar-refractivity contribution < 1.29 is 10.0 Å². The summed E-state index contributed by atoms with van der Waals surface area (Å²) in [6.07, 6.45) is 0. The first-order chi connectivity index (χ1) is 9.08. The second-order valence-corrected chi connectivity index (χ2v) is 4.10. The van der Waals surface area contributed by atoms with E-state index in [9.17, 15) is 10.1 Å². The molecule has 0 atom stereocenters. The second kappa shape index (κ2) is 5.15. The molecule has 0 aliphatic rings. The van der Waals surface area contributed by atoms with Crippen molar-refractivity contribution in [1.82, 2.24) is 14.8 Å². The summed E-state index contributed by atoms with van der Waals surface area (Å²) >= 11 is 0. The monoisotopic (exact) mass is 262 g/mol. The van der Waals surface area contributed by atoms with Crippen LogP contribution in [0, 0.1) is 17.0 Å². The highest BCUT2D eigenvalue weighted by atomic mass is 16.6. The van der Waals surface area contributed by atoms with Gasteiger partial charge in [-0.15, -0.1) is 10.2 Å². The molecule has 2 aromatic rings. The van der Waals surface area contributed by atoms with E-state index in [1.165, 1.54) is 6.07 Å². The van der Waals surface area contributed by atoms with Crippen LogP contribution in [-0.4, -0.2) is 24.8 Å². The van der Waals surface area contributed by atoms with E-state index in [1.54, 1.807) is 23.6 Å². The van der Waals surface area contributed by atoms with E-state index in [2.05, 4.69) is 10.2 Å². The molecule has 1 heterocycles. The van der Waals surface area contributed by atoms with E-state index < -0.39 is 4.92 Å². The van der Waals surface area contributed by atoms with Gasteiger partial charge in [-0.2, -0.15) is 0 Å². The Bertz CT molecular complexity index is 621. The third-order valence-electron chi connectivity index (χ3n) is 2.95. The van der Waals surface area contributed by atoms with Gasteiger partial charge in [0.05, 0.1) is 4.92 Å². The van der Waals surface area contributed by atoms with Crippen LogP contribution in [0.2, 0.25) is 0 Å². The summed E-state index contributed by atoms with van der Waals surface area (Å²) in [5.41, 5.74) is 1.26. The molecule has 0 bridgehead atoms. The summed E-state index contributed by atoms with van der Waals surface area (Å²) in [6.45, 7) is 3.95. The number of aliphatic hydroxyl groups is 1. The first kappa shape index (κ1) is 13.2. The van der Waals surface area contributed by atoms with Crippen molar-refractivity contribution >= 4 is 5.69 Å². The second-order valence-electron chi connectivity index (χ2n) is 4.10. The minimum Gasteiger partial charge on any atom is -0.388 e. The third-order valence-corrected chi connectivity index (χ3v) is 2.95. The summed E-state index contributed by atoms with van der Waals surface area (Å²) in [6, 6.07) is 4.92. The van der Waals surface area contributed by atoms with Crippen LogP contribution in [0.3, 0.4) is 0 Å². The molecule has 2 rings (SSSR count). The SMILES string of the molecule is CCn1c(CO)nnc1-c1ccc(C)c([N+](=O)[O-])c1. The Morgan fingerprint density at radius 1 is 1.42 bits per heavy atom. The van der Waals surface area contributed by atoms with Gasteiger partial charge in [0.15, 0.2) is 11.6 Å². The van der Waals surface area contributed by atoms with Crippen molar-refractivity contribution in [1.29, 1.82) is 0 Å². The van der Waals surface area contributed by atoms with Crippen molar-refractivity contribution in [3.8, 4) is 11.4 Å². The van der Waals surface area contributed by atoms with Gasteiger partial charge in [-0.1, -0.05) is 12.1 Å². The Balaban J connectivity index is 2.56. The molecule has 0 saturated heterocycles. The largest absolute Gasteiger partial charge is 0.388 e. The molecule has 0 amide bonds. The van der Waals surface area contributed by atoms with Crippen LogP contribution in [-0.2, 0) is 13.2 Å². The first-order valence-corrected chi connectivity index (χ1v) is 5.86. The molecule has 7 heteroatoms. The predicted molar refractivity (Wildman–Crippen MR) is 68.4 cm³/mol. The van der Waals surface area contributed by atoms with Gasteiger partial charge < -0.3 is 9.67 Å². The molecule has 100 valence electrons. The van der Waals surface area contributed by atoms with Gasteiger partial charge in [-0.05, 0) is 13.8 Å². The van der Waals surface area contributed by atoms with Crippen molar-refractivity contribution in [3.63, 3.8) is 0 Å². The normalized spacial score (nSPS) is 10.7. The first-order valence-electron chi connectivity index (χ1n) is 5.86. The van der Waals surface area contributed by atoms with Gasteiger partial charge in [-0.25, -0.2) is 0 Å². The number of hydrogen-bond donors (Lipinski definition) is 1. The Hall–Kier alpha value is -2.28. The summed E-state index contributed by atoms with van der Waals surface area (Å²) in [5, 5.41) is 28.0. The number of hydrogen-bond acceptors (Lipinski definition) is 5. The van der Waals surface area contributed by atoms with E-state index in [1.807, 2.05) is 6.92 Å². The summed E-state index contributed by atoms with van der Waals surface area (Å²) < 4.78 is 1.73. The molecular weight excluding hydrogens is 248 g/mol. The lowest BCUT2D eigenvalue weighted by Gasteiger charge is -2.06. The highest BCUT2D eigenvalue weighted by Crippen LogP contribution is 2.26. The molecule has 1 aromatic heterocycles. The van der Waals surface area contributed by atoms with E-state index in [0.717, 1.165) is 0 Å². The average Bonchev–Trinajstić information content (AvgIpc) is 2.81. The zero-order chi connectivity index (χ0) is 14.0. The summed E-state index contributed by atoms with van der Waals surface area (Å²) in [4.78, 5) is 10.5. The van der Waals surface area contributed by atoms with Gasteiger partial charge in [-0.3, -0.25) is 10.1 Å². The fourth-order valence-corrected chi connectivity index (χ4v) is 1.94. The lowest BCUT2D eigenvalue weighted by molar-refractivity contribution is -0.385. The van der Waals surface area contributed by atoms with Crippen LogP contribution in [0.25, 0.3) is 11.4 Å². The van der Waals surface area contributed by atoms with E-state index in [0.29, 0.717) is 29.3 Å². The molecule has 1 N–H and O–H groups in total. The van der Waals surface area contributed by atoms with Crippen LogP contribution in [0.1, 0.15) is 18.3 Å². The number of aliphatic hydroxyl groups excluding tert-OH is 1. The molecule has 0 radical (unpaired) electrons. The van der Waals surface area contributed by atoms with Crippen molar-refractivity contribution in [2.75, 3.05) is 0 Å². The third kappa shape index (κ3) is 2.32. The molecule has 7 nitrogen and oxygen atoms in total. The molecule has 0 unspecified atom stereocenters. The van der Waals surface area contributed by atoms with Crippen LogP contribution >= 0.6 is 0 Å². The van der Waals surface area contributed by atoms with Crippen molar-refractivity contribution in [3.05, 3.63) is 39.7 Å². The highest BCUT2D eigenvalue weighted by molar-refractivity contribution is 5.61. The van der Waals surface area contributed by atoms with Gasteiger partial charge in [0, 0.05) is 23.7 Å². The molecule has 0 aliphatic carbocycles. The lowest BCUT2D eigenvalue weighted by Crippen LogP contribution is -2.03. The van der Waals surface area contributed by atoms with Gasteiger partial charge in [0.2, 0.25) is 0 Å². The molecule has 0 spiro atoms. The number of aryl methyl sites for hydroxylation is 1. The minimum absolute atomic E-state index is 0.0497. The van der Waals surface area contributed by atoms with Gasteiger partial charge in [0.25, 0.3) is 5.69 Å². The van der Waals surface area contributed by atoms with E-state index >= 15 is 0 Å². The fraction of sp³-hybridized carbons (Fsp3) is 0.333. The van der Waals surface area contributed by atoms with Gasteiger partial charge in [0.1, 0.15) is 6.61 Å². The average molecular weight is 262 g/mol. The molecule has 0 aliphatic heterocycles. The Kier molecular flexibility index (Phi) is 3.57. The van der Waals surface area contributed by atoms with E-state index in [-0.39, 0.29) is 12.3 Å². The Labute approximate surface area is 109 Å². The summed E-state index contributed by atoms with van der Waals surface area (Å²) in [5.74, 6) is 0.968. The van der Waals surface area contributed by atoms with Crippen LogP contribution in [0.4, 0.5) is 5.69 Å². The maximum Gasteiger partial charge on any atom is 0.273 e. The molecule has 0 saturated carbocycles. The van der Waals surface area contributed by atoms with Crippen molar-refractivity contribution in [2.45, 2.75) is 27.0 Å². The number of benzene rings is 1. The van der Waals surface area contributed by atoms with E-state index in [4.69, 9.17) is 5.11 Å². The molecular formula is C12H14N4O3. The lowest BCUT2D eigenvalue weighted by atomic mass is 10.1. The maximum atomic E-state index is 10.9. The molecule has 1 aromatic carbocycles. The van der Waals surface area contributed by atoms with Crippen LogP contribution in [0.15, 0.2) is 18.2 Å². The van der Waals surface area contributed by atoms with Crippen LogP contribution in [0.5, 0.6) is 0 Å². The minimum atomic E-state index is -0.418. The number of nitro groups is 1. The quantitative estimate of drug-likeness (QED) is 0.668. The number of aromatic nitrogens is 3. The van der Waals surface area contributed by atoms with Crippen molar-refractivity contribution in [2.24, 2.45) is 0 Å². The van der Waals surface area contributed by atoms with Gasteiger partial charge >= 0.3 is 0 Å².